The van der Waals surface area contributed by atoms with Gasteiger partial charge in [-0.1, -0.05) is 206 Å². The second-order valence-corrected chi connectivity index (χ2v) is 19.0. The van der Waals surface area contributed by atoms with E-state index in [0.29, 0.717) is 39.0 Å². The van der Waals surface area contributed by atoms with Crippen LogP contribution in [0.1, 0.15) is 264 Å². The van der Waals surface area contributed by atoms with E-state index in [4.69, 9.17) is 17.2 Å². The maximum atomic E-state index is 14.4. The minimum Gasteiger partial charge on any atom is -0.343 e. The lowest BCUT2D eigenvalue weighted by Crippen LogP contribution is -2.54. The molecule has 0 aliphatic carbocycles. The van der Waals surface area contributed by atoms with Crippen LogP contribution in [0.2, 0.25) is 0 Å². The van der Waals surface area contributed by atoms with Gasteiger partial charge in [0.15, 0.2) is 0 Å². The first-order valence-electron chi connectivity index (χ1n) is 27.7. The van der Waals surface area contributed by atoms with Crippen molar-refractivity contribution in [2.45, 2.75) is 276 Å². The summed E-state index contributed by atoms with van der Waals surface area (Å²) in [5.74, 6) is 0.0290. The summed E-state index contributed by atoms with van der Waals surface area (Å²) in [6, 6.07) is -0.866. The Bertz CT molecular complexity index is 873. The Morgan fingerprint density at radius 1 is 0.387 bits per heavy atom. The van der Waals surface area contributed by atoms with Crippen molar-refractivity contribution in [1.82, 2.24) is 20.9 Å². The summed E-state index contributed by atoms with van der Waals surface area (Å²) in [5, 5.41) is 10.1. The summed E-state index contributed by atoms with van der Waals surface area (Å²) >= 11 is 0. The van der Waals surface area contributed by atoms with E-state index in [1.807, 2.05) is 0 Å². The fourth-order valence-corrected chi connectivity index (χ4v) is 8.76. The predicted octanol–water partition coefficient (Wildman–Crippen LogP) is 12.0. The number of nitrogens with two attached hydrogens (primary N) is 3. The van der Waals surface area contributed by atoms with Crippen LogP contribution in [0.3, 0.4) is 0 Å². The fourth-order valence-electron chi connectivity index (χ4n) is 8.76. The van der Waals surface area contributed by atoms with Crippen molar-refractivity contribution in [3.05, 3.63) is 0 Å². The lowest BCUT2D eigenvalue weighted by atomic mass is 10.0. The zero-order valence-electron chi connectivity index (χ0n) is 41.9. The predicted molar refractivity (Wildman–Crippen MR) is 272 cm³/mol. The van der Waals surface area contributed by atoms with Crippen LogP contribution in [0.4, 0.5) is 0 Å². The molecule has 0 saturated carbocycles. The van der Waals surface area contributed by atoms with Gasteiger partial charge in [0.05, 0.1) is 6.04 Å². The van der Waals surface area contributed by atoms with Crippen LogP contribution in [0.25, 0.3) is 0 Å². The highest BCUT2D eigenvalue weighted by Gasteiger charge is 2.28. The first-order valence-corrected chi connectivity index (χ1v) is 27.7. The topological polar surface area (TPSA) is 152 Å². The van der Waals surface area contributed by atoms with Crippen molar-refractivity contribution < 1.29 is 9.59 Å². The first kappa shape index (κ1) is 60.7. The monoisotopic (exact) mass is 878 g/mol. The van der Waals surface area contributed by atoms with Crippen molar-refractivity contribution >= 4 is 11.8 Å². The van der Waals surface area contributed by atoms with Gasteiger partial charge in [-0.3, -0.25) is 9.59 Å². The zero-order chi connectivity index (χ0) is 45.2. The van der Waals surface area contributed by atoms with Gasteiger partial charge in [-0.25, -0.2) is 0 Å². The fraction of sp³-hybridized carbons (Fsp3) is 0.962. The summed E-state index contributed by atoms with van der Waals surface area (Å²) < 4.78 is 0. The smallest absolute Gasteiger partial charge is 0.245 e. The Morgan fingerprint density at radius 3 is 1.11 bits per heavy atom. The highest BCUT2D eigenvalue weighted by molar-refractivity contribution is 5.89. The molecular weight excluding hydrogens is 767 g/mol. The molecule has 0 saturated heterocycles. The van der Waals surface area contributed by atoms with Gasteiger partial charge < -0.3 is 38.1 Å². The number of hydrogen-bond donors (Lipinski definition) is 6. The SMILES string of the molecule is CCCCCCCCCCCCCCCCCCN(CCCCCCCCCCCCCCCCCC)C(=O)C(CCCCN)NC(=O)[C@H](CCCNCCCN)NCCCN. The van der Waals surface area contributed by atoms with Crippen LogP contribution in [0, 0.1) is 0 Å². The molecule has 0 bridgehead atoms. The van der Waals surface area contributed by atoms with Gasteiger partial charge in [0, 0.05) is 13.1 Å². The van der Waals surface area contributed by atoms with Crippen molar-refractivity contribution in [3.8, 4) is 0 Å². The lowest BCUT2D eigenvalue weighted by molar-refractivity contribution is -0.137. The average Bonchev–Trinajstić information content (AvgIpc) is 3.28. The van der Waals surface area contributed by atoms with Crippen LogP contribution >= 0.6 is 0 Å². The first-order chi connectivity index (χ1) is 30.5. The third kappa shape index (κ3) is 41.4. The normalized spacial score (nSPS) is 12.5. The Morgan fingerprint density at radius 2 is 0.726 bits per heavy atom. The maximum absolute atomic E-state index is 14.4. The molecule has 0 aliphatic heterocycles. The molecule has 9 N–H and O–H groups in total. The molecule has 0 aliphatic rings. The summed E-state index contributed by atoms with van der Waals surface area (Å²) in [6.45, 7) is 10.4. The highest BCUT2D eigenvalue weighted by atomic mass is 16.2. The van der Waals surface area contributed by atoms with Gasteiger partial charge >= 0.3 is 0 Å². The Balaban J connectivity index is 5.07. The minimum absolute atomic E-state index is 0.0696. The Kier molecular flexibility index (Phi) is 49.7. The van der Waals surface area contributed by atoms with Gasteiger partial charge in [0.2, 0.25) is 11.8 Å². The molecule has 0 aromatic carbocycles. The van der Waals surface area contributed by atoms with Gasteiger partial charge in [0.25, 0.3) is 0 Å². The lowest BCUT2D eigenvalue weighted by Gasteiger charge is -2.29. The summed E-state index contributed by atoms with van der Waals surface area (Å²) in [4.78, 5) is 30.4. The van der Waals surface area contributed by atoms with E-state index in [0.717, 1.165) is 84.0 Å². The maximum Gasteiger partial charge on any atom is 0.245 e. The van der Waals surface area contributed by atoms with Crippen LogP contribution in [-0.2, 0) is 9.59 Å². The molecule has 62 heavy (non-hydrogen) atoms. The highest BCUT2D eigenvalue weighted by Crippen LogP contribution is 2.17. The molecule has 0 rings (SSSR count). The van der Waals surface area contributed by atoms with Crippen molar-refractivity contribution in [2.24, 2.45) is 17.2 Å². The van der Waals surface area contributed by atoms with E-state index >= 15 is 0 Å². The molecule has 0 aromatic rings. The largest absolute Gasteiger partial charge is 0.343 e. The second kappa shape index (κ2) is 50.7. The van der Waals surface area contributed by atoms with E-state index in [1.165, 1.54) is 180 Å². The third-order valence-corrected chi connectivity index (χ3v) is 12.9. The second-order valence-electron chi connectivity index (χ2n) is 19.0. The molecule has 0 radical (unpaired) electrons. The summed E-state index contributed by atoms with van der Waals surface area (Å²) in [5.41, 5.74) is 17.4. The molecule has 2 atom stereocenters. The molecule has 0 fully saturated rings. The standard InChI is InChI=1S/C53H111N7O2/c1-3-5-7-9-11-13-15-17-19-21-23-25-27-29-31-35-48-60(49-36-32-30-28-26-24-22-20-18-16-14-12-10-8-6-4-2)53(62)51(40-33-34-42-54)59-52(61)50(58-47-39-44-56)41-37-45-57-46-38-43-55/h50-51,57-58H,3-49,54-56H2,1-2H3,(H,59,61)/t50-,51?/m0/s1. The molecule has 9 nitrogen and oxygen atoms in total. The summed E-state index contributed by atoms with van der Waals surface area (Å²) in [6.07, 6.45) is 48.5. The zero-order valence-corrected chi connectivity index (χ0v) is 41.9. The van der Waals surface area contributed by atoms with Gasteiger partial charge in [-0.2, -0.15) is 0 Å². The number of hydrogen-bond acceptors (Lipinski definition) is 7. The number of nitrogens with one attached hydrogen (secondary N) is 3. The quantitative estimate of drug-likeness (QED) is 0.0333. The van der Waals surface area contributed by atoms with E-state index in [-0.39, 0.29) is 17.9 Å². The van der Waals surface area contributed by atoms with Crippen molar-refractivity contribution in [2.75, 3.05) is 52.4 Å². The van der Waals surface area contributed by atoms with E-state index in [9.17, 15) is 9.59 Å². The molecule has 0 spiro atoms. The van der Waals surface area contributed by atoms with E-state index in [2.05, 4.69) is 34.7 Å². The minimum atomic E-state index is -0.516. The van der Waals surface area contributed by atoms with E-state index in [1.54, 1.807) is 0 Å². The molecule has 9 heteroatoms. The number of rotatable bonds is 52. The van der Waals surface area contributed by atoms with Crippen molar-refractivity contribution in [3.63, 3.8) is 0 Å². The number of nitrogens with zero attached hydrogens (tertiary/aromatic N) is 1. The molecule has 2 amide bonds. The molecular formula is C53H111N7O2. The van der Waals surface area contributed by atoms with E-state index < -0.39 is 6.04 Å². The average molecular weight is 879 g/mol. The van der Waals surface area contributed by atoms with Crippen LogP contribution in [0.15, 0.2) is 0 Å². The van der Waals surface area contributed by atoms with Gasteiger partial charge in [-0.15, -0.1) is 0 Å². The Labute approximate surface area is 386 Å². The molecule has 0 aromatic heterocycles. The third-order valence-electron chi connectivity index (χ3n) is 12.9. The van der Waals surface area contributed by atoms with Gasteiger partial charge in [0.1, 0.15) is 6.04 Å². The van der Waals surface area contributed by atoms with Gasteiger partial charge in [-0.05, 0) is 97.1 Å². The number of carbonyl (C=O) groups is 2. The molecule has 1 unspecified atom stereocenters. The van der Waals surface area contributed by atoms with Crippen molar-refractivity contribution in [1.29, 1.82) is 0 Å². The Hall–Kier alpha value is -1.26. The number of unbranched alkanes of at least 4 members (excludes halogenated alkanes) is 31. The number of carbonyl (C=O) groups excluding carboxylic acids is 2. The van der Waals surface area contributed by atoms with Crippen LogP contribution in [-0.4, -0.2) is 81.2 Å². The summed E-state index contributed by atoms with van der Waals surface area (Å²) in [7, 11) is 0. The van der Waals surface area contributed by atoms with Crippen LogP contribution in [0.5, 0.6) is 0 Å². The number of amides is 2. The van der Waals surface area contributed by atoms with Crippen LogP contribution < -0.4 is 33.2 Å². The molecule has 370 valence electrons. The molecule has 0 heterocycles.